The lowest BCUT2D eigenvalue weighted by Gasteiger charge is -2.21. The summed E-state index contributed by atoms with van der Waals surface area (Å²) in [6, 6.07) is 10.4. The molecular weight excluding hydrogens is 322 g/mol. The van der Waals surface area contributed by atoms with E-state index in [9.17, 15) is 14.4 Å². The van der Waals surface area contributed by atoms with E-state index in [4.69, 9.17) is 4.42 Å². The lowest BCUT2D eigenvalue weighted by atomic mass is 10.2. The second-order valence-corrected chi connectivity index (χ2v) is 5.50. The zero-order valence-electron chi connectivity index (χ0n) is 14.2. The van der Waals surface area contributed by atoms with Gasteiger partial charge in [-0.3, -0.25) is 14.4 Å². The van der Waals surface area contributed by atoms with Gasteiger partial charge in [-0.05, 0) is 36.4 Å². The fraction of sp³-hybridized carbons (Fsp3) is 0.278. The summed E-state index contributed by atoms with van der Waals surface area (Å²) < 4.78 is 5.15. The van der Waals surface area contributed by atoms with Crippen LogP contribution in [0.5, 0.6) is 0 Å². The molecule has 0 fully saturated rings. The summed E-state index contributed by atoms with van der Waals surface area (Å²) in [4.78, 5) is 36.4. The number of carbonyl (C=O) groups is 3. The van der Waals surface area contributed by atoms with Gasteiger partial charge in [-0.2, -0.15) is 0 Å². The first-order valence-electron chi connectivity index (χ1n) is 7.90. The van der Waals surface area contributed by atoms with Crippen molar-refractivity contribution >= 4 is 29.1 Å². The van der Waals surface area contributed by atoms with E-state index >= 15 is 0 Å². The van der Waals surface area contributed by atoms with Crippen LogP contribution >= 0.6 is 0 Å². The average Bonchev–Trinajstić information content (AvgIpc) is 3.07. The molecule has 0 aliphatic carbocycles. The molecule has 2 rings (SSSR count). The number of furan rings is 1. The van der Waals surface area contributed by atoms with E-state index in [1.807, 2.05) is 0 Å². The number of nitrogens with one attached hydrogen (secondary N) is 2. The minimum absolute atomic E-state index is 0.161. The van der Waals surface area contributed by atoms with Crippen molar-refractivity contribution in [2.45, 2.75) is 26.8 Å². The second-order valence-electron chi connectivity index (χ2n) is 5.50. The van der Waals surface area contributed by atoms with Crippen LogP contribution in [-0.2, 0) is 20.9 Å². The van der Waals surface area contributed by atoms with Crippen molar-refractivity contribution in [3.05, 3.63) is 48.4 Å². The van der Waals surface area contributed by atoms with Crippen molar-refractivity contribution in [1.82, 2.24) is 5.32 Å². The number of rotatable bonds is 7. The molecule has 0 bridgehead atoms. The zero-order chi connectivity index (χ0) is 18.2. The predicted molar refractivity (Wildman–Crippen MR) is 93.9 cm³/mol. The molecule has 3 amide bonds. The van der Waals surface area contributed by atoms with Crippen LogP contribution in [0.1, 0.15) is 26.0 Å². The molecule has 0 unspecified atom stereocenters. The monoisotopic (exact) mass is 343 g/mol. The Morgan fingerprint density at radius 1 is 1.08 bits per heavy atom. The first-order chi connectivity index (χ1) is 12.0. The summed E-state index contributed by atoms with van der Waals surface area (Å²) >= 11 is 0. The highest BCUT2D eigenvalue weighted by molar-refractivity contribution is 5.93. The lowest BCUT2D eigenvalue weighted by Crippen LogP contribution is -2.33. The summed E-state index contributed by atoms with van der Waals surface area (Å²) in [5.74, 6) is 0.179. The van der Waals surface area contributed by atoms with Gasteiger partial charge >= 0.3 is 0 Å². The van der Waals surface area contributed by atoms with Gasteiger partial charge in [-0.1, -0.05) is 0 Å². The van der Waals surface area contributed by atoms with Crippen molar-refractivity contribution in [2.75, 3.05) is 16.8 Å². The van der Waals surface area contributed by atoms with Crippen LogP contribution in [0.3, 0.4) is 0 Å². The molecule has 25 heavy (non-hydrogen) atoms. The lowest BCUT2D eigenvalue weighted by molar-refractivity contribution is -0.121. The van der Waals surface area contributed by atoms with Crippen molar-refractivity contribution in [1.29, 1.82) is 0 Å². The van der Waals surface area contributed by atoms with Gasteiger partial charge in [0, 0.05) is 38.2 Å². The summed E-state index contributed by atoms with van der Waals surface area (Å²) in [5.41, 5.74) is 1.32. The largest absolute Gasteiger partial charge is 0.467 e. The molecule has 0 spiro atoms. The molecule has 7 heteroatoms. The van der Waals surface area contributed by atoms with E-state index in [0.717, 1.165) is 0 Å². The fourth-order valence-electron chi connectivity index (χ4n) is 2.30. The zero-order valence-corrected chi connectivity index (χ0v) is 14.2. The molecule has 0 aliphatic rings. The smallest absolute Gasteiger partial charge is 0.223 e. The third-order valence-corrected chi connectivity index (χ3v) is 3.48. The maximum Gasteiger partial charge on any atom is 0.223 e. The maximum absolute atomic E-state index is 11.9. The molecule has 132 valence electrons. The molecule has 0 saturated carbocycles. The number of carbonyl (C=O) groups excluding carboxylic acids is 3. The topological polar surface area (TPSA) is 91.7 Å². The summed E-state index contributed by atoms with van der Waals surface area (Å²) in [7, 11) is 0. The van der Waals surface area contributed by atoms with Gasteiger partial charge in [-0.25, -0.2) is 0 Å². The van der Waals surface area contributed by atoms with E-state index in [0.29, 0.717) is 23.7 Å². The minimum Gasteiger partial charge on any atom is -0.467 e. The Kier molecular flexibility index (Phi) is 6.33. The second kappa shape index (κ2) is 8.68. The molecule has 1 heterocycles. The number of benzene rings is 1. The van der Waals surface area contributed by atoms with Crippen LogP contribution < -0.4 is 15.5 Å². The van der Waals surface area contributed by atoms with E-state index in [2.05, 4.69) is 10.6 Å². The number of hydrogen-bond donors (Lipinski definition) is 2. The third kappa shape index (κ3) is 5.80. The quantitative estimate of drug-likeness (QED) is 0.807. The van der Waals surface area contributed by atoms with Gasteiger partial charge in [0.05, 0.1) is 12.8 Å². The number of anilines is 2. The van der Waals surface area contributed by atoms with Gasteiger partial charge in [0.2, 0.25) is 17.7 Å². The normalized spacial score (nSPS) is 10.2. The summed E-state index contributed by atoms with van der Waals surface area (Å²) in [5, 5.41) is 5.41. The molecule has 0 aliphatic heterocycles. The number of nitrogens with zero attached hydrogens (tertiary/aromatic N) is 1. The Bertz CT molecular complexity index is 723. The van der Waals surface area contributed by atoms with Gasteiger partial charge in [0.25, 0.3) is 0 Å². The molecule has 1 aromatic heterocycles. The predicted octanol–water partition coefficient (Wildman–Crippen LogP) is 2.30. The molecule has 2 N–H and O–H groups in total. The van der Waals surface area contributed by atoms with E-state index in [1.165, 1.54) is 18.7 Å². The van der Waals surface area contributed by atoms with Crippen molar-refractivity contribution in [3.8, 4) is 0 Å². The highest BCUT2D eigenvalue weighted by Gasteiger charge is 2.13. The van der Waals surface area contributed by atoms with Gasteiger partial charge < -0.3 is 20.0 Å². The standard InChI is InChI=1S/C18H21N3O4/c1-13(22)20-15-5-7-16(8-6-15)21(14(2)23)10-9-18(24)19-12-17-4-3-11-25-17/h3-8,11H,9-10,12H2,1-2H3,(H,19,24)(H,20,22). The molecule has 0 atom stereocenters. The maximum atomic E-state index is 11.9. The Labute approximate surface area is 146 Å². The van der Waals surface area contributed by atoms with Gasteiger partial charge in [0.1, 0.15) is 5.76 Å². The average molecular weight is 343 g/mol. The minimum atomic E-state index is -0.169. The summed E-state index contributed by atoms with van der Waals surface area (Å²) in [6.45, 7) is 3.45. The van der Waals surface area contributed by atoms with E-state index in [-0.39, 0.29) is 30.7 Å². The Morgan fingerprint density at radius 2 is 1.80 bits per heavy atom. The van der Waals surface area contributed by atoms with Crippen molar-refractivity contribution in [3.63, 3.8) is 0 Å². The third-order valence-electron chi connectivity index (χ3n) is 3.48. The molecule has 0 saturated heterocycles. The first-order valence-corrected chi connectivity index (χ1v) is 7.90. The summed E-state index contributed by atoms with van der Waals surface area (Å²) in [6.07, 6.45) is 1.72. The van der Waals surface area contributed by atoms with Gasteiger partial charge in [0.15, 0.2) is 0 Å². The highest BCUT2D eigenvalue weighted by Crippen LogP contribution is 2.18. The van der Waals surface area contributed by atoms with Crippen LogP contribution in [0.15, 0.2) is 47.1 Å². The van der Waals surface area contributed by atoms with E-state index < -0.39 is 0 Å². The Balaban J connectivity index is 1.90. The van der Waals surface area contributed by atoms with Crippen LogP contribution in [0, 0.1) is 0 Å². The van der Waals surface area contributed by atoms with Crippen LogP contribution in [0.4, 0.5) is 11.4 Å². The molecular formula is C18H21N3O4. The Hall–Kier alpha value is -3.09. The van der Waals surface area contributed by atoms with Crippen molar-refractivity contribution in [2.24, 2.45) is 0 Å². The van der Waals surface area contributed by atoms with E-state index in [1.54, 1.807) is 42.7 Å². The van der Waals surface area contributed by atoms with Gasteiger partial charge in [-0.15, -0.1) is 0 Å². The van der Waals surface area contributed by atoms with Crippen LogP contribution in [-0.4, -0.2) is 24.3 Å². The molecule has 7 nitrogen and oxygen atoms in total. The number of amides is 3. The highest BCUT2D eigenvalue weighted by atomic mass is 16.3. The molecule has 1 aromatic carbocycles. The van der Waals surface area contributed by atoms with Crippen molar-refractivity contribution < 1.29 is 18.8 Å². The molecule has 2 aromatic rings. The fourth-order valence-corrected chi connectivity index (χ4v) is 2.30. The first kappa shape index (κ1) is 18.3. The van der Waals surface area contributed by atoms with Crippen LogP contribution in [0.2, 0.25) is 0 Å². The molecule has 0 radical (unpaired) electrons. The Morgan fingerprint density at radius 3 is 2.36 bits per heavy atom. The van der Waals surface area contributed by atoms with Crippen LogP contribution in [0.25, 0.3) is 0 Å². The number of hydrogen-bond acceptors (Lipinski definition) is 4. The SMILES string of the molecule is CC(=O)Nc1ccc(N(CCC(=O)NCc2ccco2)C(C)=O)cc1.